The Kier molecular flexibility index (Phi) is 3.66. The van der Waals surface area contributed by atoms with Gasteiger partial charge in [-0.05, 0) is 12.1 Å². The minimum Gasteiger partial charge on any atom is -0.379 e. The van der Waals surface area contributed by atoms with Crippen molar-refractivity contribution >= 4 is 0 Å². The number of aromatic nitrogens is 1. The van der Waals surface area contributed by atoms with Gasteiger partial charge in [-0.15, -0.1) is 0 Å². The molecule has 2 rings (SSSR count). The molecule has 0 spiro atoms. The van der Waals surface area contributed by atoms with Crippen LogP contribution in [0.4, 0.5) is 0 Å². The molecule has 0 unspecified atom stereocenters. The number of nitrogens with two attached hydrogens (primary N) is 1. The summed E-state index contributed by atoms with van der Waals surface area (Å²) in [6.45, 7) is 4.08. The van der Waals surface area contributed by atoms with Crippen LogP contribution in [0.3, 0.4) is 0 Å². The van der Waals surface area contributed by atoms with E-state index in [1.54, 1.807) is 0 Å². The van der Waals surface area contributed by atoms with Crippen LogP contribution in [-0.2, 0) is 4.74 Å². The number of rotatable bonds is 3. The molecule has 1 atom stereocenters. The standard InChI is InChI=1S/C11H17N3O/c12-9-11(10-3-1-2-4-13-10)14-5-7-15-8-6-14/h1-4,11H,5-9,12H2/t11-/m1/s1. The minimum atomic E-state index is 0.232. The van der Waals surface area contributed by atoms with Crippen molar-refractivity contribution in [3.05, 3.63) is 30.1 Å². The van der Waals surface area contributed by atoms with Crippen LogP contribution in [0.1, 0.15) is 11.7 Å². The topological polar surface area (TPSA) is 51.4 Å². The molecule has 2 N–H and O–H groups in total. The van der Waals surface area contributed by atoms with Crippen LogP contribution in [-0.4, -0.2) is 42.7 Å². The molecular weight excluding hydrogens is 190 g/mol. The molecule has 1 aliphatic heterocycles. The highest BCUT2D eigenvalue weighted by molar-refractivity contribution is 5.09. The van der Waals surface area contributed by atoms with Crippen molar-refractivity contribution in [1.29, 1.82) is 0 Å². The summed E-state index contributed by atoms with van der Waals surface area (Å²) in [5.74, 6) is 0. The van der Waals surface area contributed by atoms with Gasteiger partial charge in [0.25, 0.3) is 0 Å². The number of hydrogen-bond acceptors (Lipinski definition) is 4. The Morgan fingerprint density at radius 1 is 1.40 bits per heavy atom. The lowest BCUT2D eigenvalue weighted by Crippen LogP contribution is -2.42. The van der Waals surface area contributed by atoms with Gasteiger partial charge in [-0.2, -0.15) is 0 Å². The van der Waals surface area contributed by atoms with Crippen molar-refractivity contribution in [2.75, 3.05) is 32.8 Å². The molecule has 1 aliphatic rings. The van der Waals surface area contributed by atoms with Gasteiger partial charge in [0.15, 0.2) is 0 Å². The normalized spacial score (nSPS) is 20.1. The lowest BCUT2D eigenvalue weighted by atomic mass is 10.1. The molecule has 82 valence electrons. The molecule has 2 heterocycles. The zero-order valence-electron chi connectivity index (χ0n) is 8.80. The maximum Gasteiger partial charge on any atom is 0.0646 e. The number of pyridine rings is 1. The fraction of sp³-hybridized carbons (Fsp3) is 0.545. The first-order valence-corrected chi connectivity index (χ1v) is 5.34. The van der Waals surface area contributed by atoms with Crippen LogP contribution in [0, 0.1) is 0 Å². The monoisotopic (exact) mass is 207 g/mol. The predicted octanol–water partition coefficient (Wildman–Crippen LogP) is 0.414. The first-order valence-electron chi connectivity index (χ1n) is 5.34. The third-order valence-corrected chi connectivity index (χ3v) is 2.74. The second kappa shape index (κ2) is 5.21. The van der Waals surface area contributed by atoms with E-state index in [1.807, 2.05) is 24.4 Å². The number of hydrogen-bond donors (Lipinski definition) is 1. The average Bonchev–Trinajstić information content (AvgIpc) is 2.33. The fourth-order valence-corrected chi connectivity index (χ4v) is 1.92. The molecule has 0 aliphatic carbocycles. The summed E-state index contributed by atoms with van der Waals surface area (Å²) in [7, 11) is 0. The van der Waals surface area contributed by atoms with E-state index in [-0.39, 0.29) is 6.04 Å². The maximum atomic E-state index is 5.81. The van der Waals surface area contributed by atoms with Gasteiger partial charge >= 0.3 is 0 Å². The fourth-order valence-electron chi connectivity index (χ4n) is 1.92. The summed E-state index contributed by atoms with van der Waals surface area (Å²) in [6.07, 6.45) is 1.82. The minimum absolute atomic E-state index is 0.232. The van der Waals surface area contributed by atoms with Gasteiger partial charge in [-0.3, -0.25) is 9.88 Å². The molecule has 1 saturated heterocycles. The van der Waals surface area contributed by atoms with E-state index < -0.39 is 0 Å². The maximum absolute atomic E-state index is 5.81. The van der Waals surface area contributed by atoms with Gasteiger partial charge in [0.2, 0.25) is 0 Å². The first kappa shape index (κ1) is 10.5. The van der Waals surface area contributed by atoms with Gasteiger partial charge in [0, 0.05) is 25.8 Å². The predicted molar refractivity (Wildman–Crippen MR) is 58.4 cm³/mol. The Labute approximate surface area is 90.0 Å². The molecule has 4 nitrogen and oxygen atoms in total. The van der Waals surface area contributed by atoms with E-state index in [9.17, 15) is 0 Å². The number of ether oxygens (including phenoxy) is 1. The summed E-state index contributed by atoms with van der Waals surface area (Å²) in [5.41, 5.74) is 6.87. The summed E-state index contributed by atoms with van der Waals surface area (Å²) < 4.78 is 5.33. The van der Waals surface area contributed by atoms with Gasteiger partial charge < -0.3 is 10.5 Å². The Morgan fingerprint density at radius 3 is 2.80 bits per heavy atom. The summed E-state index contributed by atoms with van der Waals surface area (Å²) in [4.78, 5) is 6.70. The van der Waals surface area contributed by atoms with E-state index in [2.05, 4.69) is 9.88 Å². The van der Waals surface area contributed by atoms with Crippen molar-refractivity contribution in [3.8, 4) is 0 Å². The third-order valence-electron chi connectivity index (χ3n) is 2.74. The molecule has 0 radical (unpaired) electrons. The van der Waals surface area contributed by atoms with Crippen molar-refractivity contribution < 1.29 is 4.74 Å². The summed E-state index contributed by atoms with van der Waals surface area (Å²) >= 11 is 0. The third kappa shape index (κ3) is 2.53. The van der Waals surface area contributed by atoms with Crippen molar-refractivity contribution in [1.82, 2.24) is 9.88 Å². The molecule has 1 aromatic heterocycles. The molecule has 1 aromatic rings. The smallest absolute Gasteiger partial charge is 0.0646 e. The van der Waals surface area contributed by atoms with Gasteiger partial charge in [0.05, 0.1) is 24.9 Å². The van der Waals surface area contributed by atoms with E-state index in [1.165, 1.54) is 0 Å². The molecular formula is C11H17N3O. The lowest BCUT2D eigenvalue weighted by Gasteiger charge is -2.33. The van der Waals surface area contributed by atoms with Crippen molar-refractivity contribution in [3.63, 3.8) is 0 Å². The van der Waals surface area contributed by atoms with Crippen molar-refractivity contribution in [2.24, 2.45) is 5.73 Å². The molecule has 0 bridgehead atoms. The highest BCUT2D eigenvalue weighted by Gasteiger charge is 2.21. The lowest BCUT2D eigenvalue weighted by molar-refractivity contribution is 0.0170. The Morgan fingerprint density at radius 2 is 2.20 bits per heavy atom. The van der Waals surface area contributed by atoms with Crippen LogP contribution in [0.25, 0.3) is 0 Å². The van der Waals surface area contributed by atoms with E-state index in [0.717, 1.165) is 32.0 Å². The second-order valence-electron chi connectivity index (χ2n) is 3.65. The van der Waals surface area contributed by atoms with Crippen LogP contribution in [0.2, 0.25) is 0 Å². The number of nitrogens with zero attached hydrogens (tertiary/aromatic N) is 2. The summed E-state index contributed by atoms with van der Waals surface area (Å²) in [6, 6.07) is 6.20. The summed E-state index contributed by atoms with van der Waals surface area (Å²) in [5, 5.41) is 0. The largest absolute Gasteiger partial charge is 0.379 e. The molecule has 0 amide bonds. The number of morpholine rings is 1. The first-order chi connectivity index (χ1) is 7.42. The average molecular weight is 207 g/mol. The van der Waals surface area contributed by atoms with Gasteiger partial charge in [-0.1, -0.05) is 6.07 Å². The molecule has 0 aromatic carbocycles. The van der Waals surface area contributed by atoms with Crippen LogP contribution in [0.15, 0.2) is 24.4 Å². The van der Waals surface area contributed by atoms with Gasteiger partial charge in [-0.25, -0.2) is 0 Å². The Balaban J connectivity index is 2.09. The highest BCUT2D eigenvalue weighted by Crippen LogP contribution is 2.18. The van der Waals surface area contributed by atoms with Gasteiger partial charge in [0.1, 0.15) is 0 Å². The SMILES string of the molecule is NC[C@H](c1ccccn1)N1CCOCC1. The molecule has 0 saturated carbocycles. The van der Waals surface area contributed by atoms with Crippen molar-refractivity contribution in [2.45, 2.75) is 6.04 Å². The van der Waals surface area contributed by atoms with E-state index in [4.69, 9.17) is 10.5 Å². The van der Waals surface area contributed by atoms with E-state index in [0.29, 0.717) is 6.54 Å². The van der Waals surface area contributed by atoms with Crippen LogP contribution in [0.5, 0.6) is 0 Å². The molecule has 4 heteroatoms. The van der Waals surface area contributed by atoms with Crippen LogP contribution >= 0.6 is 0 Å². The van der Waals surface area contributed by atoms with E-state index >= 15 is 0 Å². The highest BCUT2D eigenvalue weighted by atomic mass is 16.5. The van der Waals surface area contributed by atoms with Crippen LogP contribution < -0.4 is 5.73 Å². The molecule has 15 heavy (non-hydrogen) atoms. The second-order valence-corrected chi connectivity index (χ2v) is 3.65. The Bertz CT molecular complexity index is 285. The zero-order chi connectivity index (χ0) is 10.5. The quantitative estimate of drug-likeness (QED) is 0.780. The molecule has 1 fully saturated rings. The zero-order valence-corrected chi connectivity index (χ0v) is 8.80. The Hall–Kier alpha value is -0.970.